The van der Waals surface area contributed by atoms with Gasteiger partial charge in [-0.2, -0.15) is 0 Å². The number of benzene rings is 3. The maximum atomic E-state index is 14.7. The second-order valence-corrected chi connectivity index (χ2v) is 12.0. The second kappa shape index (κ2) is 14.5. The molecule has 0 aliphatic heterocycles. The molecule has 214 valence electrons. The van der Waals surface area contributed by atoms with Crippen LogP contribution in [0.2, 0.25) is 10.0 Å². The van der Waals surface area contributed by atoms with E-state index in [-0.39, 0.29) is 28.7 Å². The van der Waals surface area contributed by atoms with Gasteiger partial charge in [-0.1, -0.05) is 85.1 Å². The number of carbonyl (C=O) groups excluding carboxylic acids is 2. The zero-order valence-electron chi connectivity index (χ0n) is 22.3. The molecule has 3 aromatic rings. The Morgan fingerprint density at radius 2 is 1.57 bits per heavy atom. The number of sulfonamides is 1. The molecular weight excluding hydrogens is 576 g/mol. The number of rotatable bonds is 13. The van der Waals surface area contributed by atoms with Crippen molar-refractivity contribution < 1.29 is 22.4 Å². The van der Waals surface area contributed by atoms with E-state index in [2.05, 4.69) is 5.32 Å². The van der Waals surface area contributed by atoms with Crippen LogP contribution in [0.3, 0.4) is 0 Å². The third-order valence-corrected chi connectivity index (χ3v) is 8.13. The first-order valence-electron chi connectivity index (χ1n) is 12.8. The van der Waals surface area contributed by atoms with Gasteiger partial charge < -0.3 is 10.2 Å². The van der Waals surface area contributed by atoms with Gasteiger partial charge >= 0.3 is 0 Å². The molecule has 0 saturated heterocycles. The predicted molar refractivity (Wildman–Crippen MR) is 157 cm³/mol. The minimum Gasteiger partial charge on any atom is -0.354 e. The van der Waals surface area contributed by atoms with Crippen molar-refractivity contribution in [3.8, 4) is 0 Å². The normalized spacial score (nSPS) is 12.0. The Hall–Kier alpha value is -3.14. The molecule has 0 radical (unpaired) electrons. The number of amides is 2. The summed E-state index contributed by atoms with van der Waals surface area (Å²) in [5.74, 6) is -1.94. The number of unbranched alkanes of at least 4 members (excludes halogenated alkanes) is 1. The molecule has 3 rings (SSSR count). The van der Waals surface area contributed by atoms with Gasteiger partial charge in [-0.25, -0.2) is 12.8 Å². The Kier molecular flexibility index (Phi) is 11.4. The number of anilines is 1. The van der Waals surface area contributed by atoms with E-state index in [1.807, 2.05) is 37.3 Å². The van der Waals surface area contributed by atoms with Gasteiger partial charge in [0.25, 0.3) is 0 Å². The van der Waals surface area contributed by atoms with Gasteiger partial charge in [-0.15, -0.1) is 0 Å². The summed E-state index contributed by atoms with van der Waals surface area (Å²) in [6, 6.07) is 18.3. The topological polar surface area (TPSA) is 86.8 Å². The first-order chi connectivity index (χ1) is 19.0. The summed E-state index contributed by atoms with van der Waals surface area (Å²) < 4.78 is 40.9. The van der Waals surface area contributed by atoms with Gasteiger partial charge in [0.1, 0.15) is 18.4 Å². The van der Waals surface area contributed by atoms with Crippen LogP contribution in [0.5, 0.6) is 0 Å². The lowest BCUT2D eigenvalue weighted by Crippen LogP contribution is -2.53. The quantitative estimate of drug-likeness (QED) is 0.262. The number of nitrogens with zero attached hydrogens (tertiary/aromatic N) is 2. The van der Waals surface area contributed by atoms with Crippen LogP contribution in [0.4, 0.5) is 10.1 Å². The molecular formula is C29H32Cl2FN3O4S. The van der Waals surface area contributed by atoms with Crippen LogP contribution in [0.15, 0.2) is 72.8 Å². The monoisotopic (exact) mass is 607 g/mol. The molecule has 0 aliphatic rings. The number of para-hydroxylation sites is 1. The Bertz CT molecular complexity index is 1400. The fourth-order valence-electron chi connectivity index (χ4n) is 4.16. The van der Waals surface area contributed by atoms with Gasteiger partial charge in [-0.3, -0.25) is 13.9 Å². The summed E-state index contributed by atoms with van der Waals surface area (Å²) in [6.45, 7) is 1.48. The summed E-state index contributed by atoms with van der Waals surface area (Å²) in [5.41, 5.74) is 0.909. The molecule has 11 heteroatoms. The fraction of sp³-hybridized carbons (Fsp3) is 0.310. The van der Waals surface area contributed by atoms with E-state index in [0.717, 1.165) is 30.7 Å². The highest BCUT2D eigenvalue weighted by Crippen LogP contribution is 2.28. The van der Waals surface area contributed by atoms with Crippen LogP contribution in [0.1, 0.15) is 30.9 Å². The minimum atomic E-state index is -4.09. The lowest BCUT2D eigenvalue weighted by atomic mass is 10.0. The molecule has 40 heavy (non-hydrogen) atoms. The molecule has 1 N–H and O–H groups in total. The zero-order valence-corrected chi connectivity index (χ0v) is 24.6. The van der Waals surface area contributed by atoms with E-state index >= 15 is 0 Å². The van der Waals surface area contributed by atoms with Crippen molar-refractivity contribution in [3.63, 3.8) is 0 Å². The van der Waals surface area contributed by atoms with Gasteiger partial charge in [0.05, 0.1) is 11.9 Å². The third-order valence-electron chi connectivity index (χ3n) is 6.29. The third kappa shape index (κ3) is 8.43. The Morgan fingerprint density at radius 3 is 2.17 bits per heavy atom. The van der Waals surface area contributed by atoms with Crippen molar-refractivity contribution in [2.75, 3.05) is 23.7 Å². The summed E-state index contributed by atoms with van der Waals surface area (Å²) >= 11 is 12.9. The van der Waals surface area contributed by atoms with Crippen molar-refractivity contribution in [2.45, 2.75) is 38.8 Å². The van der Waals surface area contributed by atoms with Crippen molar-refractivity contribution in [2.24, 2.45) is 0 Å². The van der Waals surface area contributed by atoms with Crippen molar-refractivity contribution in [3.05, 3.63) is 99.8 Å². The average molecular weight is 609 g/mol. The summed E-state index contributed by atoms with van der Waals surface area (Å²) in [4.78, 5) is 28.8. The van der Waals surface area contributed by atoms with Gasteiger partial charge in [-0.05, 0) is 36.2 Å². The molecule has 0 unspecified atom stereocenters. The van der Waals surface area contributed by atoms with Crippen LogP contribution in [0, 0.1) is 5.82 Å². The maximum Gasteiger partial charge on any atom is 0.244 e. The zero-order chi connectivity index (χ0) is 29.3. The van der Waals surface area contributed by atoms with Crippen LogP contribution in [-0.4, -0.2) is 50.5 Å². The largest absolute Gasteiger partial charge is 0.354 e. The van der Waals surface area contributed by atoms with E-state index in [9.17, 15) is 22.4 Å². The minimum absolute atomic E-state index is 0.144. The Morgan fingerprint density at radius 1 is 0.950 bits per heavy atom. The molecule has 0 saturated carbocycles. The van der Waals surface area contributed by atoms with Crippen LogP contribution in [-0.2, 0) is 32.6 Å². The van der Waals surface area contributed by atoms with Gasteiger partial charge in [0, 0.05) is 35.1 Å². The molecule has 0 aromatic heterocycles. The molecule has 2 amide bonds. The number of hydrogen-bond acceptors (Lipinski definition) is 4. The van der Waals surface area contributed by atoms with E-state index in [4.69, 9.17) is 23.2 Å². The fourth-order valence-corrected chi connectivity index (χ4v) is 5.53. The Balaban J connectivity index is 2.09. The first-order valence-corrected chi connectivity index (χ1v) is 15.4. The molecule has 0 spiro atoms. The number of halogens is 3. The number of nitrogens with one attached hydrogen (secondary N) is 1. The SMILES string of the molecule is CCCCNC(=O)[C@@H](Cc1ccccc1)N(Cc1c(Cl)cccc1Cl)C(=O)CN(c1ccccc1F)S(C)(=O)=O. The summed E-state index contributed by atoms with van der Waals surface area (Å²) in [6.07, 6.45) is 2.63. The van der Waals surface area contributed by atoms with Crippen molar-refractivity contribution in [1.29, 1.82) is 0 Å². The van der Waals surface area contributed by atoms with Crippen LogP contribution in [0.25, 0.3) is 0 Å². The van der Waals surface area contributed by atoms with Crippen molar-refractivity contribution >= 4 is 50.7 Å². The van der Waals surface area contributed by atoms with Crippen LogP contribution >= 0.6 is 23.2 Å². The average Bonchev–Trinajstić information content (AvgIpc) is 2.91. The molecule has 0 bridgehead atoms. The molecule has 0 aliphatic carbocycles. The standard InChI is InChI=1S/C29H32Cl2FN3O4S/c1-3-4-17-33-29(37)27(18-21-11-6-5-7-12-21)34(19-22-23(30)13-10-14-24(22)31)28(36)20-35(40(2,38)39)26-16-9-8-15-25(26)32/h5-16,27H,3-4,17-20H2,1-2H3,(H,33,37)/t27-/m1/s1. The van der Waals surface area contributed by atoms with Crippen molar-refractivity contribution in [1.82, 2.24) is 10.2 Å². The maximum absolute atomic E-state index is 14.7. The number of hydrogen-bond donors (Lipinski definition) is 1. The van der Waals surface area contributed by atoms with E-state index in [1.54, 1.807) is 18.2 Å². The predicted octanol–water partition coefficient (Wildman–Crippen LogP) is 5.45. The summed E-state index contributed by atoms with van der Waals surface area (Å²) in [5, 5.41) is 3.45. The molecule has 7 nitrogen and oxygen atoms in total. The van der Waals surface area contributed by atoms with Crippen LogP contribution < -0.4 is 9.62 Å². The smallest absolute Gasteiger partial charge is 0.244 e. The second-order valence-electron chi connectivity index (χ2n) is 9.29. The Labute approximate surface area is 244 Å². The van der Waals surface area contributed by atoms with E-state index < -0.39 is 40.2 Å². The van der Waals surface area contributed by atoms with Gasteiger partial charge in [0.15, 0.2) is 0 Å². The molecule has 0 fully saturated rings. The highest BCUT2D eigenvalue weighted by Gasteiger charge is 2.34. The first kappa shape index (κ1) is 31.4. The van der Waals surface area contributed by atoms with E-state index in [0.29, 0.717) is 16.4 Å². The summed E-state index contributed by atoms with van der Waals surface area (Å²) in [7, 11) is -4.09. The highest BCUT2D eigenvalue weighted by atomic mass is 35.5. The van der Waals surface area contributed by atoms with E-state index in [1.165, 1.54) is 23.1 Å². The molecule has 0 heterocycles. The number of carbonyl (C=O) groups is 2. The molecule has 1 atom stereocenters. The lowest BCUT2D eigenvalue weighted by molar-refractivity contribution is -0.140. The molecule has 3 aromatic carbocycles. The lowest BCUT2D eigenvalue weighted by Gasteiger charge is -2.34. The highest BCUT2D eigenvalue weighted by molar-refractivity contribution is 7.92. The van der Waals surface area contributed by atoms with Gasteiger partial charge in [0.2, 0.25) is 21.8 Å².